The lowest BCUT2D eigenvalue weighted by atomic mass is 9.98. The Morgan fingerprint density at radius 3 is 2.41 bits per heavy atom. The number of benzene rings is 2. The average Bonchev–Trinajstić information content (AvgIpc) is 2.74. The zero-order valence-corrected chi connectivity index (χ0v) is 18.5. The second kappa shape index (κ2) is 13.2. The number of methoxy groups -OCH3 is 2. The van der Waals surface area contributed by atoms with Crippen molar-refractivity contribution in [3.05, 3.63) is 47.5 Å². The molecule has 2 aromatic carbocycles. The van der Waals surface area contributed by atoms with Crippen LogP contribution in [-0.2, 0) is 15.9 Å². The van der Waals surface area contributed by atoms with Crippen molar-refractivity contribution in [2.24, 2.45) is 0 Å². The third-order valence-electron chi connectivity index (χ3n) is 5.01. The van der Waals surface area contributed by atoms with Crippen molar-refractivity contribution in [3.63, 3.8) is 0 Å². The SMILES string of the molecule is CCCCCCCc1ccc(-c2cc(C)ccc2OCOCCOC)cc1OC. The maximum Gasteiger partial charge on any atom is 0.189 e. The largest absolute Gasteiger partial charge is 0.496 e. The van der Waals surface area contributed by atoms with Crippen LogP contribution >= 0.6 is 0 Å². The van der Waals surface area contributed by atoms with E-state index in [1.165, 1.54) is 43.2 Å². The van der Waals surface area contributed by atoms with E-state index in [1.54, 1.807) is 14.2 Å². The van der Waals surface area contributed by atoms with Crippen LogP contribution in [0.4, 0.5) is 0 Å². The Labute approximate surface area is 176 Å². The highest BCUT2D eigenvalue weighted by Crippen LogP contribution is 2.35. The van der Waals surface area contributed by atoms with Crippen molar-refractivity contribution < 1.29 is 18.9 Å². The molecule has 160 valence electrons. The van der Waals surface area contributed by atoms with E-state index in [-0.39, 0.29) is 6.79 Å². The average molecular weight is 401 g/mol. The number of aryl methyl sites for hydroxylation is 2. The Kier molecular flexibility index (Phi) is 10.6. The van der Waals surface area contributed by atoms with E-state index >= 15 is 0 Å². The molecule has 0 aliphatic rings. The molecule has 0 unspecified atom stereocenters. The summed E-state index contributed by atoms with van der Waals surface area (Å²) in [5, 5.41) is 0. The van der Waals surface area contributed by atoms with Crippen molar-refractivity contribution >= 4 is 0 Å². The molecular weight excluding hydrogens is 364 g/mol. The lowest BCUT2D eigenvalue weighted by Crippen LogP contribution is -2.08. The molecule has 0 fully saturated rings. The molecule has 0 aliphatic heterocycles. The van der Waals surface area contributed by atoms with E-state index in [1.807, 2.05) is 6.07 Å². The van der Waals surface area contributed by atoms with Crippen LogP contribution in [0, 0.1) is 6.92 Å². The molecule has 0 bridgehead atoms. The van der Waals surface area contributed by atoms with Crippen LogP contribution in [-0.4, -0.2) is 34.2 Å². The van der Waals surface area contributed by atoms with Crippen LogP contribution in [0.25, 0.3) is 11.1 Å². The lowest BCUT2D eigenvalue weighted by molar-refractivity contribution is -0.00822. The Bertz CT molecular complexity index is 727. The monoisotopic (exact) mass is 400 g/mol. The van der Waals surface area contributed by atoms with Crippen LogP contribution in [0.5, 0.6) is 11.5 Å². The molecule has 0 aromatic heterocycles. The summed E-state index contributed by atoms with van der Waals surface area (Å²) >= 11 is 0. The minimum absolute atomic E-state index is 0.201. The van der Waals surface area contributed by atoms with Gasteiger partial charge in [-0.2, -0.15) is 0 Å². The van der Waals surface area contributed by atoms with Gasteiger partial charge in [-0.25, -0.2) is 0 Å². The first-order valence-electron chi connectivity index (χ1n) is 10.7. The van der Waals surface area contributed by atoms with Gasteiger partial charge in [0.15, 0.2) is 6.79 Å². The number of hydrogen-bond donors (Lipinski definition) is 0. The normalized spacial score (nSPS) is 10.9. The maximum absolute atomic E-state index is 5.88. The first-order chi connectivity index (χ1) is 14.2. The molecule has 0 spiro atoms. The highest BCUT2D eigenvalue weighted by molar-refractivity contribution is 5.73. The summed E-state index contributed by atoms with van der Waals surface area (Å²) < 4.78 is 22.0. The molecule has 4 heteroatoms. The van der Waals surface area contributed by atoms with Crippen molar-refractivity contribution in [2.75, 3.05) is 34.2 Å². The Hall–Kier alpha value is -2.04. The zero-order chi connectivity index (χ0) is 20.9. The van der Waals surface area contributed by atoms with Crippen molar-refractivity contribution in [1.29, 1.82) is 0 Å². The van der Waals surface area contributed by atoms with Gasteiger partial charge in [-0.15, -0.1) is 0 Å². The van der Waals surface area contributed by atoms with Gasteiger partial charge in [0.1, 0.15) is 11.5 Å². The van der Waals surface area contributed by atoms with E-state index in [0.717, 1.165) is 29.0 Å². The summed E-state index contributed by atoms with van der Waals surface area (Å²) in [4.78, 5) is 0. The standard InChI is InChI=1S/C25H36O4/c1-5-6-7-8-9-10-21-12-13-22(18-25(21)27-4)23-17-20(2)11-14-24(23)29-19-28-16-15-26-3/h11-14,17-18H,5-10,15-16,19H2,1-4H3. The lowest BCUT2D eigenvalue weighted by Gasteiger charge is -2.15. The Morgan fingerprint density at radius 1 is 0.828 bits per heavy atom. The molecule has 0 saturated heterocycles. The second-order valence-electron chi connectivity index (χ2n) is 7.35. The van der Waals surface area contributed by atoms with Gasteiger partial charge in [0.25, 0.3) is 0 Å². The summed E-state index contributed by atoms with van der Waals surface area (Å²) in [6, 6.07) is 12.7. The number of ether oxygens (including phenoxy) is 4. The topological polar surface area (TPSA) is 36.9 Å². The molecule has 0 saturated carbocycles. The van der Waals surface area contributed by atoms with Gasteiger partial charge in [0.05, 0.1) is 20.3 Å². The smallest absolute Gasteiger partial charge is 0.189 e. The van der Waals surface area contributed by atoms with Gasteiger partial charge in [-0.05, 0) is 49.1 Å². The minimum atomic E-state index is 0.201. The van der Waals surface area contributed by atoms with Crippen LogP contribution < -0.4 is 9.47 Å². The molecular formula is C25H36O4. The molecule has 4 nitrogen and oxygen atoms in total. The zero-order valence-electron chi connectivity index (χ0n) is 18.5. The maximum atomic E-state index is 5.88. The van der Waals surface area contributed by atoms with E-state index < -0.39 is 0 Å². The summed E-state index contributed by atoms with van der Waals surface area (Å²) in [6.45, 7) is 5.60. The predicted octanol–water partition coefficient (Wildman–Crippen LogP) is 6.18. The first-order valence-corrected chi connectivity index (χ1v) is 10.7. The van der Waals surface area contributed by atoms with E-state index in [4.69, 9.17) is 18.9 Å². The predicted molar refractivity (Wildman–Crippen MR) is 119 cm³/mol. The minimum Gasteiger partial charge on any atom is -0.496 e. The van der Waals surface area contributed by atoms with Gasteiger partial charge in [-0.3, -0.25) is 0 Å². The third-order valence-corrected chi connectivity index (χ3v) is 5.01. The van der Waals surface area contributed by atoms with Crippen LogP contribution in [0.3, 0.4) is 0 Å². The molecule has 29 heavy (non-hydrogen) atoms. The van der Waals surface area contributed by atoms with Gasteiger partial charge in [0, 0.05) is 12.7 Å². The Morgan fingerprint density at radius 2 is 1.66 bits per heavy atom. The molecule has 0 N–H and O–H groups in total. The fourth-order valence-corrected chi connectivity index (χ4v) is 3.34. The highest BCUT2D eigenvalue weighted by atomic mass is 16.7. The number of hydrogen-bond acceptors (Lipinski definition) is 4. The molecule has 0 aliphatic carbocycles. The summed E-state index contributed by atoms with van der Waals surface area (Å²) in [6.07, 6.45) is 7.44. The first kappa shape index (κ1) is 23.2. The van der Waals surface area contributed by atoms with Crippen molar-refractivity contribution in [1.82, 2.24) is 0 Å². The summed E-state index contributed by atoms with van der Waals surface area (Å²) in [5.74, 6) is 1.75. The molecule has 0 amide bonds. The van der Waals surface area contributed by atoms with Gasteiger partial charge in [-0.1, -0.05) is 56.4 Å². The van der Waals surface area contributed by atoms with Crippen molar-refractivity contribution in [3.8, 4) is 22.6 Å². The van der Waals surface area contributed by atoms with Crippen molar-refractivity contribution in [2.45, 2.75) is 52.4 Å². The number of rotatable bonds is 14. The van der Waals surface area contributed by atoms with Crippen LogP contribution in [0.15, 0.2) is 36.4 Å². The third kappa shape index (κ3) is 7.71. The van der Waals surface area contributed by atoms with E-state index in [0.29, 0.717) is 13.2 Å². The fourth-order valence-electron chi connectivity index (χ4n) is 3.34. The fraction of sp³-hybridized carbons (Fsp3) is 0.520. The van der Waals surface area contributed by atoms with Gasteiger partial charge < -0.3 is 18.9 Å². The molecule has 0 atom stereocenters. The second-order valence-corrected chi connectivity index (χ2v) is 7.35. The molecule has 0 heterocycles. The summed E-state index contributed by atoms with van der Waals surface area (Å²) in [7, 11) is 3.40. The quantitative estimate of drug-likeness (QED) is 0.280. The highest BCUT2D eigenvalue weighted by Gasteiger charge is 2.11. The van der Waals surface area contributed by atoms with Crippen LogP contribution in [0.1, 0.15) is 50.2 Å². The van der Waals surface area contributed by atoms with Gasteiger partial charge >= 0.3 is 0 Å². The van der Waals surface area contributed by atoms with Gasteiger partial charge in [0.2, 0.25) is 0 Å². The van der Waals surface area contributed by atoms with Crippen LogP contribution in [0.2, 0.25) is 0 Å². The summed E-state index contributed by atoms with van der Waals surface area (Å²) in [5.41, 5.74) is 4.60. The molecule has 2 aromatic rings. The number of unbranched alkanes of at least 4 members (excludes halogenated alkanes) is 4. The van der Waals surface area contributed by atoms with E-state index in [2.05, 4.69) is 44.2 Å². The molecule has 2 rings (SSSR count). The molecule has 0 radical (unpaired) electrons. The van der Waals surface area contributed by atoms with E-state index in [9.17, 15) is 0 Å². The Balaban J connectivity index is 2.11.